The summed E-state index contributed by atoms with van der Waals surface area (Å²) in [6.07, 6.45) is 4.68. The fraction of sp³-hybridized carbons (Fsp3) is 0.476. The van der Waals surface area contributed by atoms with Gasteiger partial charge < -0.3 is 14.4 Å². The van der Waals surface area contributed by atoms with Crippen molar-refractivity contribution in [2.45, 2.75) is 39.2 Å². The third-order valence-corrected chi connectivity index (χ3v) is 5.63. The van der Waals surface area contributed by atoms with Gasteiger partial charge in [0.05, 0.1) is 18.1 Å². The summed E-state index contributed by atoms with van der Waals surface area (Å²) < 4.78 is 11.1. The van der Waals surface area contributed by atoms with Crippen molar-refractivity contribution in [1.82, 2.24) is 9.80 Å². The number of benzene rings is 1. The fourth-order valence-electron chi connectivity index (χ4n) is 3.29. The molecule has 0 unspecified atom stereocenters. The number of rotatable bonds is 6. The van der Waals surface area contributed by atoms with Gasteiger partial charge in [-0.15, -0.1) is 0 Å². The van der Waals surface area contributed by atoms with E-state index in [1.807, 2.05) is 13.8 Å². The molecular weight excluding hydrogens is 392 g/mol. The highest BCUT2D eigenvalue weighted by Crippen LogP contribution is 2.34. The Labute approximate surface area is 175 Å². The largest absolute Gasteiger partial charge is 0.493 e. The minimum Gasteiger partial charge on any atom is -0.493 e. The predicted octanol–water partition coefficient (Wildman–Crippen LogP) is 3.53. The molecule has 0 atom stereocenters. The van der Waals surface area contributed by atoms with E-state index in [2.05, 4.69) is 0 Å². The molecule has 156 valence electrons. The molecule has 7 nitrogen and oxygen atoms in total. The van der Waals surface area contributed by atoms with Gasteiger partial charge in [-0.05, 0) is 68.6 Å². The third kappa shape index (κ3) is 5.12. The molecule has 2 aliphatic heterocycles. The molecule has 8 heteroatoms. The number of hydrogen-bond acceptors (Lipinski definition) is 6. The number of hydrogen-bond donors (Lipinski definition) is 0. The maximum Gasteiger partial charge on any atom is 0.294 e. The molecule has 2 heterocycles. The highest BCUT2D eigenvalue weighted by Gasteiger charge is 2.37. The lowest BCUT2D eigenvalue weighted by Gasteiger charge is -2.27. The van der Waals surface area contributed by atoms with Crippen LogP contribution in [0.1, 0.15) is 38.7 Å². The highest BCUT2D eigenvalue weighted by molar-refractivity contribution is 8.18. The Hall–Kier alpha value is -2.48. The number of thioether (sulfide) groups is 1. The minimum atomic E-state index is -0.438. The molecule has 0 radical (unpaired) electrons. The van der Waals surface area contributed by atoms with Crippen molar-refractivity contribution >= 4 is 34.9 Å². The summed E-state index contributed by atoms with van der Waals surface area (Å²) in [6, 6.07) is 5.33. The Kier molecular flexibility index (Phi) is 6.84. The van der Waals surface area contributed by atoms with Crippen molar-refractivity contribution in [3.63, 3.8) is 0 Å². The second-order valence-corrected chi connectivity index (χ2v) is 8.28. The first-order valence-corrected chi connectivity index (χ1v) is 10.6. The van der Waals surface area contributed by atoms with Crippen LogP contribution < -0.4 is 9.47 Å². The Morgan fingerprint density at radius 3 is 2.55 bits per heavy atom. The molecular formula is C21H26N2O5S. The third-order valence-electron chi connectivity index (χ3n) is 4.72. The molecule has 0 N–H and O–H groups in total. The summed E-state index contributed by atoms with van der Waals surface area (Å²) >= 11 is 0.849. The Morgan fingerprint density at radius 2 is 1.90 bits per heavy atom. The zero-order valence-corrected chi connectivity index (χ0v) is 17.8. The number of amides is 3. The summed E-state index contributed by atoms with van der Waals surface area (Å²) in [5, 5.41) is -0.418. The van der Waals surface area contributed by atoms with Gasteiger partial charge in [-0.3, -0.25) is 19.3 Å². The number of ether oxygens (including phenoxy) is 2. The van der Waals surface area contributed by atoms with Gasteiger partial charge in [-0.1, -0.05) is 6.07 Å². The van der Waals surface area contributed by atoms with E-state index in [1.165, 1.54) is 0 Å². The summed E-state index contributed by atoms with van der Waals surface area (Å²) in [4.78, 5) is 40.5. The minimum absolute atomic E-state index is 0.00342. The van der Waals surface area contributed by atoms with Crippen LogP contribution in [0, 0.1) is 0 Å². The normalized spacial score (nSPS) is 18.7. The average molecular weight is 419 g/mol. The van der Waals surface area contributed by atoms with E-state index in [0.717, 1.165) is 35.9 Å². The number of carbonyl (C=O) groups excluding carboxylic acids is 3. The summed E-state index contributed by atoms with van der Waals surface area (Å²) in [7, 11) is 1.55. The SMILES string of the molecule is COc1cc(/C=C2\SC(=O)N(CC(=O)N3CCCCC3)C2=O)ccc1OC(C)C. The second-order valence-electron chi connectivity index (χ2n) is 7.29. The van der Waals surface area contributed by atoms with Crippen molar-refractivity contribution < 1.29 is 23.9 Å². The Morgan fingerprint density at radius 1 is 1.17 bits per heavy atom. The standard InChI is InChI=1S/C21H26N2O5S/c1-14(2)28-16-8-7-15(11-17(16)27-3)12-18-20(25)23(21(26)29-18)13-19(24)22-9-5-4-6-10-22/h7-8,11-12,14H,4-6,9-10,13H2,1-3H3/b18-12-. The highest BCUT2D eigenvalue weighted by atomic mass is 32.2. The predicted molar refractivity (Wildman–Crippen MR) is 112 cm³/mol. The van der Waals surface area contributed by atoms with E-state index in [1.54, 1.807) is 36.3 Å². The van der Waals surface area contributed by atoms with E-state index in [0.29, 0.717) is 35.1 Å². The van der Waals surface area contributed by atoms with Crippen LogP contribution in [-0.4, -0.2) is 59.7 Å². The van der Waals surface area contributed by atoms with Crippen LogP contribution in [0.3, 0.4) is 0 Å². The molecule has 0 aliphatic carbocycles. The molecule has 0 aromatic heterocycles. The fourth-order valence-corrected chi connectivity index (χ4v) is 4.13. The van der Waals surface area contributed by atoms with Crippen molar-refractivity contribution in [3.8, 4) is 11.5 Å². The monoisotopic (exact) mass is 418 g/mol. The van der Waals surface area contributed by atoms with E-state index < -0.39 is 11.1 Å². The molecule has 1 aromatic rings. The smallest absolute Gasteiger partial charge is 0.294 e. The topological polar surface area (TPSA) is 76.2 Å². The lowest BCUT2D eigenvalue weighted by molar-refractivity contribution is -0.136. The van der Waals surface area contributed by atoms with Crippen LogP contribution in [0.25, 0.3) is 6.08 Å². The van der Waals surface area contributed by atoms with Gasteiger partial charge in [-0.2, -0.15) is 0 Å². The lowest BCUT2D eigenvalue weighted by atomic mass is 10.1. The summed E-state index contributed by atoms with van der Waals surface area (Å²) in [5.41, 5.74) is 0.714. The first-order valence-electron chi connectivity index (χ1n) is 9.77. The number of likely N-dealkylation sites (tertiary alicyclic amines) is 1. The molecule has 0 bridgehead atoms. The van der Waals surface area contributed by atoms with Gasteiger partial charge in [0.1, 0.15) is 6.54 Å². The van der Waals surface area contributed by atoms with Crippen LogP contribution in [0.2, 0.25) is 0 Å². The van der Waals surface area contributed by atoms with Crippen molar-refractivity contribution in [2.75, 3.05) is 26.7 Å². The Bertz CT molecular complexity index is 830. The van der Waals surface area contributed by atoms with E-state index >= 15 is 0 Å². The van der Waals surface area contributed by atoms with E-state index in [4.69, 9.17) is 9.47 Å². The number of imide groups is 1. The molecule has 1 aromatic carbocycles. The van der Waals surface area contributed by atoms with Gasteiger partial charge >= 0.3 is 0 Å². The van der Waals surface area contributed by atoms with Gasteiger partial charge in [0, 0.05) is 13.1 Å². The maximum atomic E-state index is 12.7. The lowest BCUT2D eigenvalue weighted by Crippen LogP contribution is -2.44. The zero-order valence-electron chi connectivity index (χ0n) is 17.0. The zero-order chi connectivity index (χ0) is 21.0. The van der Waals surface area contributed by atoms with Gasteiger partial charge in [0.2, 0.25) is 5.91 Å². The summed E-state index contributed by atoms with van der Waals surface area (Å²) in [5.74, 6) is 0.545. The number of carbonyl (C=O) groups is 3. The summed E-state index contributed by atoms with van der Waals surface area (Å²) in [6.45, 7) is 5.03. The van der Waals surface area contributed by atoms with Crippen molar-refractivity contribution in [2.24, 2.45) is 0 Å². The first-order chi connectivity index (χ1) is 13.9. The van der Waals surface area contributed by atoms with Crippen molar-refractivity contribution in [3.05, 3.63) is 28.7 Å². The first kappa shape index (κ1) is 21.2. The van der Waals surface area contributed by atoms with Crippen LogP contribution in [0.5, 0.6) is 11.5 Å². The number of nitrogens with zero attached hydrogens (tertiary/aromatic N) is 2. The molecule has 29 heavy (non-hydrogen) atoms. The Balaban J connectivity index is 1.73. The van der Waals surface area contributed by atoms with Gasteiger partial charge in [0.15, 0.2) is 11.5 Å². The van der Waals surface area contributed by atoms with E-state index in [9.17, 15) is 14.4 Å². The average Bonchev–Trinajstić information content (AvgIpc) is 2.96. The van der Waals surface area contributed by atoms with E-state index in [-0.39, 0.29) is 18.6 Å². The molecule has 0 spiro atoms. The molecule has 2 saturated heterocycles. The van der Waals surface area contributed by atoms with Crippen LogP contribution in [0.15, 0.2) is 23.1 Å². The van der Waals surface area contributed by atoms with Gasteiger partial charge in [0.25, 0.3) is 11.1 Å². The second kappa shape index (κ2) is 9.35. The van der Waals surface area contributed by atoms with Crippen LogP contribution in [0.4, 0.5) is 4.79 Å². The number of piperidine rings is 1. The quantitative estimate of drug-likeness (QED) is 0.658. The van der Waals surface area contributed by atoms with Gasteiger partial charge in [-0.25, -0.2) is 0 Å². The van der Waals surface area contributed by atoms with Crippen LogP contribution >= 0.6 is 11.8 Å². The number of methoxy groups -OCH3 is 1. The molecule has 3 amide bonds. The molecule has 2 aliphatic rings. The van der Waals surface area contributed by atoms with Crippen molar-refractivity contribution in [1.29, 1.82) is 0 Å². The molecule has 0 saturated carbocycles. The molecule has 2 fully saturated rings. The maximum absolute atomic E-state index is 12.7. The molecule has 3 rings (SSSR count). The van der Waals surface area contributed by atoms with Crippen LogP contribution in [-0.2, 0) is 9.59 Å².